The highest BCUT2D eigenvalue weighted by molar-refractivity contribution is 7.97. The van der Waals surface area contributed by atoms with Gasteiger partial charge in [0.1, 0.15) is 6.07 Å². The second-order valence-corrected chi connectivity index (χ2v) is 10.7. The third-order valence-corrected chi connectivity index (χ3v) is 7.97. The van der Waals surface area contributed by atoms with Crippen molar-refractivity contribution in [1.82, 2.24) is 9.29 Å². The van der Waals surface area contributed by atoms with E-state index in [9.17, 15) is 18.8 Å². The van der Waals surface area contributed by atoms with Crippen molar-refractivity contribution in [3.63, 3.8) is 0 Å². The van der Waals surface area contributed by atoms with Crippen molar-refractivity contribution in [3.05, 3.63) is 88.7 Å². The largest absolute Gasteiger partial charge is 0.305 e. The summed E-state index contributed by atoms with van der Waals surface area (Å²) in [6.07, 6.45) is 8.02. The maximum Gasteiger partial charge on any atom is 0.242 e. The summed E-state index contributed by atoms with van der Waals surface area (Å²) in [5.74, 6) is -1.99. The Morgan fingerprint density at radius 2 is 1.79 bits per heavy atom. The smallest absolute Gasteiger partial charge is 0.242 e. The lowest BCUT2D eigenvalue weighted by Crippen LogP contribution is -2.38. The second kappa shape index (κ2) is 13.3. The van der Waals surface area contributed by atoms with E-state index in [-0.39, 0.29) is 24.6 Å². The minimum atomic E-state index is -1.19. The zero-order valence-corrected chi connectivity index (χ0v) is 22.6. The van der Waals surface area contributed by atoms with Gasteiger partial charge in [-0.05, 0) is 78.7 Å². The molecule has 3 aromatic rings. The lowest BCUT2D eigenvalue weighted by atomic mass is 9.85. The van der Waals surface area contributed by atoms with Crippen LogP contribution in [0.2, 0.25) is 0 Å². The summed E-state index contributed by atoms with van der Waals surface area (Å²) in [6.45, 7) is 2.50. The average Bonchev–Trinajstić information content (AvgIpc) is 2.98. The number of anilines is 1. The fourth-order valence-electron chi connectivity index (χ4n) is 4.70. The SMILES string of the molecule is CCN(CC(=O)N(Cc1ccc(C2CCCCC2)cn1)c1ccc(C#N)cc1)Sc1cc(F)c(F)c(C#N)c1. The summed E-state index contributed by atoms with van der Waals surface area (Å²) in [5.41, 5.74) is 2.69. The highest BCUT2D eigenvalue weighted by Gasteiger charge is 2.22. The molecule has 0 atom stereocenters. The number of rotatable bonds is 9. The van der Waals surface area contributed by atoms with Crippen molar-refractivity contribution in [3.8, 4) is 12.1 Å². The first kappa shape index (κ1) is 28.2. The molecule has 1 aliphatic carbocycles. The average molecular weight is 546 g/mol. The molecular formula is C30H29F2N5OS. The number of carbonyl (C=O) groups excluding carboxylic acids is 1. The number of hydrogen-bond acceptors (Lipinski definition) is 6. The van der Waals surface area contributed by atoms with Crippen molar-refractivity contribution < 1.29 is 13.6 Å². The van der Waals surface area contributed by atoms with Crippen LogP contribution in [0.4, 0.5) is 14.5 Å². The molecule has 1 heterocycles. The molecule has 0 unspecified atom stereocenters. The summed E-state index contributed by atoms with van der Waals surface area (Å²) >= 11 is 1.08. The summed E-state index contributed by atoms with van der Waals surface area (Å²) in [5, 5.41) is 18.3. The number of pyridine rings is 1. The minimum absolute atomic E-state index is 0.0256. The van der Waals surface area contributed by atoms with E-state index in [1.165, 1.54) is 43.7 Å². The number of aromatic nitrogens is 1. The zero-order chi connectivity index (χ0) is 27.8. The maximum atomic E-state index is 14.0. The molecule has 4 rings (SSSR count). The van der Waals surface area contributed by atoms with Gasteiger partial charge in [0.05, 0.1) is 36.0 Å². The molecule has 0 N–H and O–H groups in total. The molecule has 1 saturated carbocycles. The van der Waals surface area contributed by atoms with Crippen molar-refractivity contribution in [2.45, 2.75) is 56.4 Å². The first-order valence-electron chi connectivity index (χ1n) is 13.0. The van der Waals surface area contributed by atoms with E-state index in [2.05, 4.69) is 17.1 Å². The van der Waals surface area contributed by atoms with Gasteiger partial charge < -0.3 is 4.90 Å². The maximum absolute atomic E-state index is 14.0. The summed E-state index contributed by atoms with van der Waals surface area (Å²) < 4.78 is 29.5. The van der Waals surface area contributed by atoms with Gasteiger partial charge in [-0.3, -0.25) is 9.78 Å². The Kier molecular flexibility index (Phi) is 9.64. The Balaban J connectivity index is 1.53. The highest BCUT2D eigenvalue weighted by atomic mass is 32.2. The third kappa shape index (κ3) is 7.20. The van der Waals surface area contributed by atoms with E-state index in [1.807, 2.05) is 19.2 Å². The van der Waals surface area contributed by atoms with Crippen LogP contribution in [0.15, 0.2) is 59.6 Å². The Bertz CT molecular complexity index is 1380. The lowest BCUT2D eigenvalue weighted by Gasteiger charge is -2.27. The van der Waals surface area contributed by atoms with Crippen LogP contribution in [-0.2, 0) is 11.3 Å². The van der Waals surface area contributed by atoms with Crippen LogP contribution in [0.25, 0.3) is 0 Å². The van der Waals surface area contributed by atoms with Gasteiger partial charge in [-0.2, -0.15) is 10.5 Å². The van der Waals surface area contributed by atoms with Crippen LogP contribution < -0.4 is 4.90 Å². The van der Waals surface area contributed by atoms with Gasteiger partial charge >= 0.3 is 0 Å². The molecular weight excluding hydrogens is 516 g/mol. The summed E-state index contributed by atoms with van der Waals surface area (Å²) in [6, 6.07) is 16.9. The molecule has 2 aromatic carbocycles. The van der Waals surface area contributed by atoms with Crippen LogP contribution >= 0.6 is 11.9 Å². The number of likely N-dealkylation sites (N-methyl/N-ethyl adjacent to an activating group) is 1. The molecule has 0 aliphatic heterocycles. The van der Waals surface area contributed by atoms with Gasteiger partial charge in [0, 0.05) is 23.3 Å². The van der Waals surface area contributed by atoms with E-state index in [0.29, 0.717) is 28.6 Å². The molecule has 1 fully saturated rings. The number of benzene rings is 2. The van der Waals surface area contributed by atoms with E-state index in [1.54, 1.807) is 39.5 Å². The Morgan fingerprint density at radius 3 is 2.41 bits per heavy atom. The van der Waals surface area contributed by atoms with Gasteiger partial charge in [-0.1, -0.05) is 32.3 Å². The summed E-state index contributed by atoms with van der Waals surface area (Å²) in [4.78, 5) is 20.2. The summed E-state index contributed by atoms with van der Waals surface area (Å²) in [7, 11) is 0. The molecule has 1 aromatic heterocycles. The normalized spacial score (nSPS) is 13.6. The molecule has 0 spiro atoms. The van der Waals surface area contributed by atoms with Crippen molar-refractivity contribution in [2.24, 2.45) is 0 Å². The molecule has 0 bridgehead atoms. The second-order valence-electron chi connectivity index (χ2n) is 9.48. The fourth-order valence-corrected chi connectivity index (χ4v) is 5.63. The first-order valence-corrected chi connectivity index (χ1v) is 13.8. The third-order valence-electron chi connectivity index (χ3n) is 6.87. The topological polar surface area (TPSA) is 84.0 Å². The fraction of sp³-hybridized carbons (Fsp3) is 0.333. The van der Waals surface area contributed by atoms with E-state index in [0.717, 1.165) is 23.7 Å². The van der Waals surface area contributed by atoms with E-state index < -0.39 is 11.6 Å². The van der Waals surface area contributed by atoms with Crippen molar-refractivity contribution in [1.29, 1.82) is 10.5 Å². The van der Waals surface area contributed by atoms with Crippen LogP contribution in [0.5, 0.6) is 0 Å². The van der Waals surface area contributed by atoms with Crippen molar-refractivity contribution >= 4 is 23.5 Å². The minimum Gasteiger partial charge on any atom is -0.305 e. The number of halogens is 2. The first-order chi connectivity index (χ1) is 18.9. The van der Waals surface area contributed by atoms with Crippen LogP contribution in [0, 0.1) is 34.3 Å². The molecule has 0 saturated heterocycles. The van der Waals surface area contributed by atoms with E-state index >= 15 is 0 Å². The Hall–Kier alpha value is -3.79. The van der Waals surface area contributed by atoms with Gasteiger partial charge in [0.2, 0.25) is 5.91 Å². The molecule has 1 aliphatic rings. The van der Waals surface area contributed by atoms with Gasteiger partial charge in [0.25, 0.3) is 0 Å². The molecule has 0 radical (unpaired) electrons. The molecule has 39 heavy (non-hydrogen) atoms. The van der Waals surface area contributed by atoms with Crippen LogP contribution in [0.3, 0.4) is 0 Å². The number of carbonyl (C=O) groups is 1. The standard InChI is InChI=1S/C30H29F2N5OS/c1-2-36(39-27-14-24(17-34)30(32)28(31)15-27)20-29(38)37(26-12-8-21(16-33)9-13-26)19-25-11-10-23(18-35-25)22-6-4-3-5-7-22/h8-15,18,22H,2-7,19-20H2,1H3. The number of amides is 1. The van der Waals surface area contributed by atoms with Crippen LogP contribution in [0.1, 0.15) is 67.3 Å². The molecule has 6 nitrogen and oxygen atoms in total. The van der Waals surface area contributed by atoms with Gasteiger partial charge in [-0.25, -0.2) is 13.1 Å². The highest BCUT2D eigenvalue weighted by Crippen LogP contribution is 2.32. The quantitative estimate of drug-likeness (QED) is 0.278. The van der Waals surface area contributed by atoms with E-state index in [4.69, 9.17) is 5.26 Å². The molecule has 9 heteroatoms. The van der Waals surface area contributed by atoms with Gasteiger partial charge in [0.15, 0.2) is 11.6 Å². The molecule has 200 valence electrons. The Labute approximate surface area is 232 Å². The number of nitrogens with zero attached hydrogens (tertiary/aromatic N) is 5. The number of hydrogen-bond donors (Lipinski definition) is 0. The Morgan fingerprint density at radius 1 is 1.05 bits per heavy atom. The van der Waals surface area contributed by atoms with Gasteiger partial charge in [-0.15, -0.1) is 0 Å². The predicted octanol–water partition coefficient (Wildman–Crippen LogP) is 6.71. The zero-order valence-electron chi connectivity index (χ0n) is 21.7. The molecule has 1 amide bonds. The van der Waals surface area contributed by atoms with Crippen molar-refractivity contribution in [2.75, 3.05) is 18.0 Å². The predicted molar refractivity (Wildman–Crippen MR) is 147 cm³/mol. The monoisotopic (exact) mass is 545 g/mol. The van der Waals surface area contributed by atoms with Crippen LogP contribution in [-0.4, -0.2) is 28.3 Å². The number of nitriles is 2. The lowest BCUT2D eigenvalue weighted by molar-refractivity contribution is -0.118.